The molecule has 0 aliphatic carbocycles. The van der Waals surface area contributed by atoms with E-state index in [1.807, 2.05) is 9.97 Å². The number of hydrogen-bond donors (Lipinski definition) is 0. The molecule has 13 heavy (non-hydrogen) atoms. The summed E-state index contributed by atoms with van der Waals surface area (Å²) in [5.41, 5.74) is 0. The van der Waals surface area contributed by atoms with Gasteiger partial charge in [0.2, 0.25) is 0 Å². The molecule has 1 spiro atoms. The van der Waals surface area contributed by atoms with Crippen LogP contribution in [0.3, 0.4) is 0 Å². The van der Waals surface area contributed by atoms with E-state index in [4.69, 9.17) is 7.64 Å². The first kappa shape index (κ1) is 10.4. The van der Waals surface area contributed by atoms with Crippen molar-refractivity contribution >= 4 is 45.4 Å². The van der Waals surface area contributed by atoms with Crippen LogP contribution >= 0.6 is 31.9 Å². The maximum absolute atomic E-state index is 5.85. The van der Waals surface area contributed by atoms with E-state index >= 15 is 0 Å². The van der Waals surface area contributed by atoms with Gasteiger partial charge in [0.25, 0.3) is 0 Å². The third-order valence-corrected chi connectivity index (χ3v) is 10.9. The summed E-state index contributed by atoms with van der Waals surface area (Å²) in [6.45, 7) is 1.61. The zero-order chi connectivity index (χ0) is 9.31. The van der Waals surface area contributed by atoms with Gasteiger partial charge in [0.15, 0.2) is 0 Å². The summed E-state index contributed by atoms with van der Waals surface area (Å²) in [5.74, 6) is 0. The molecule has 5 heteroatoms. The molecule has 2 fully saturated rings. The zero-order valence-electron chi connectivity index (χ0n) is 6.96. The molecule has 0 radical (unpaired) electrons. The minimum atomic E-state index is -2.29. The minimum absolute atomic E-state index is 0.807. The van der Waals surface area contributed by atoms with E-state index in [9.17, 15) is 0 Å². The molecule has 0 bridgehead atoms. The molecule has 74 valence electrons. The monoisotopic (exact) mass is 376 g/mol. The van der Waals surface area contributed by atoms with E-state index in [0.29, 0.717) is 0 Å². The second-order valence-electron chi connectivity index (χ2n) is 2.80. The molecule has 0 aromatic rings. The molecule has 0 saturated carbocycles. The fourth-order valence-corrected chi connectivity index (χ4v) is 9.96. The van der Waals surface area contributed by atoms with Gasteiger partial charge in [0.1, 0.15) is 0 Å². The van der Waals surface area contributed by atoms with Crippen LogP contribution in [-0.4, -0.2) is 26.7 Å². The average molecular weight is 377 g/mol. The zero-order valence-corrected chi connectivity index (χ0v) is 11.8. The summed E-state index contributed by atoms with van der Waals surface area (Å²) in [4.78, 5) is 3.98. The van der Waals surface area contributed by atoms with E-state index in [-0.39, 0.29) is 0 Å². The average Bonchev–Trinajstić information content (AvgIpc) is 2.74. The Morgan fingerprint density at radius 1 is 1.00 bits per heavy atom. The summed E-state index contributed by atoms with van der Waals surface area (Å²) in [7, 11) is 0. The van der Waals surface area contributed by atoms with Gasteiger partial charge >= 0.3 is 98.0 Å². The molecule has 0 unspecified atom stereocenters. The fourth-order valence-electron chi connectivity index (χ4n) is 1.52. The molecule has 2 aliphatic rings. The molecule has 2 saturated heterocycles. The maximum atomic E-state index is 5.85. The van der Waals surface area contributed by atoms with E-state index in [1.54, 1.807) is 0 Å². The molecule has 0 aromatic heterocycles. The van der Waals surface area contributed by atoms with E-state index in [0.717, 1.165) is 26.1 Å². The van der Waals surface area contributed by atoms with Crippen molar-refractivity contribution in [3.8, 4) is 0 Å². The molecule has 2 nitrogen and oxygen atoms in total. The Morgan fingerprint density at radius 3 is 1.85 bits per heavy atom. The first-order valence-electron chi connectivity index (χ1n) is 4.04. The van der Waals surface area contributed by atoms with Crippen LogP contribution in [0.1, 0.15) is 12.8 Å². The van der Waals surface area contributed by atoms with Crippen LogP contribution in [0, 0.1) is 0 Å². The normalized spacial score (nSPS) is 34.9. The van der Waals surface area contributed by atoms with Gasteiger partial charge in [-0.2, -0.15) is 0 Å². The van der Waals surface area contributed by atoms with Crippen LogP contribution < -0.4 is 0 Å². The second kappa shape index (κ2) is 4.17. The predicted molar refractivity (Wildman–Crippen MR) is 60.9 cm³/mol. The van der Waals surface area contributed by atoms with Crippen molar-refractivity contribution in [2.24, 2.45) is 0 Å². The van der Waals surface area contributed by atoms with Crippen LogP contribution in [0.5, 0.6) is 0 Å². The first-order chi connectivity index (χ1) is 6.33. The van der Waals surface area contributed by atoms with Crippen molar-refractivity contribution in [1.29, 1.82) is 0 Å². The third-order valence-electron chi connectivity index (χ3n) is 2.13. The third kappa shape index (κ3) is 1.60. The Hall–Kier alpha value is 0.879. The Kier molecular flexibility index (Phi) is 3.34. The van der Waals surface area contributed by atoms with Crippen molar-refractivity contribution in [2.45, 2.75) is 12.8 Å². The van der Waals surface area contributed by atoms with E-state index in [1.165, 1.54) is 8.94 Å². The van der Waals surface area contributed by atoms with Crippen molar-refractivity contribution in [3.63, 3.8) is 0 Å². The second-order valence-corrected chi connectivity index (χ2v) is 9.02. The molecule has 0 aromatic carbocycles. The SMILES string of the molecule is Br/C=C1/CCO[Se]12OCC/C2=C/Br. The van der Waals surface area contributed by atoms with Crippen molar-refractivity contribution < 1.29 is 7.64 Å². The summed E-state index contributed by atoms with van der Waals surface area (Å²) in [6, 6.07) is 0. The molecule has 0 atom stereocenters. The number of halogens is 2. The number of rotatable bonds is 0. The molecular weight excluding hydrogens is 367 g/mol. The topological polar surface area (TPSA) is 18.5 Å². The van der Waals surface area contributed by atoms with Gasteiger partial charge in [-0.1, -0.05) is 0 Å². The van der Waals surface area contributed by atoms with Gasteiger partial charge in [-0.05, 0) is 0 Å². The Balaban J connectivity index is 2.38. The standard InChI is InChI=1S/C8H10Br2O2Se/c9-5-7-1-3-11-13(7)8(6-10)2-4-12-13/h5-6H,1-4H2/b7-5-,8-6-. The van der Waals surface area contributed by atoms with Crippen LogP contribution in [-0.2, 0) is 7.64 Å². The summed E-state index contributed by atoms with van der Waals surface area (Å²) in [6.07, 6.45) is 2.02. The molecule has 2 rings (SSSR count). The molecule has 0 amide bonds. The van der Waals surface area contributed by atoms with Crippen molar-refractivity contribution in [3.05, 3.63) is 18.9 Å². The van der Waals surface area contributed by atoms with Gasteiger partial charge < -0.3 is 0 Å². The van der Waals surface area contributed by atoms with Gasteiger partial charge in [-0.15, -0.1) is 0 Å². The predicted octanol–water partition coefficient (Wildman–Crippen LogP) is 2.91. The van der Waals surface area contributed by atoms with E-state index in [2.05, 4.69) is 31.9 Å². The molecular formula is C8H10Br2O2Se. The first-order valence-corrected chi connectivity index (χ1v) is 8.98. The quantitative estimate of drug-likeness (QED) is 0.605. The van der Waals surface area contributed by atoms with Crippen LogP contribution in [0.15, 0.2) is 18.9 Å². The van der Waals surface area contributed by atoms with Crippen molar-refractivity contribution in [1.82, 2.24) is 0 Å². The fraction of sp³-hybridized carbons (Fsp3) is 0.500. The summed E-state index contributed by atoms with van der Waals surface area (Å²) < 4.78 is 14.4. The van der Waals surface area contributed by atoms with E-state index < -0.39 is 13.5 Å². The Bertz CT molecular complexity index is 247. The summed E-state index contributed by atoms with van der Waals surface area (Å²) >= 11 is 4.49. The van der Waals surface area contributed by atoms with Gasteiger partial charge in [-0.3, -0.25) is 0 Å². The van der Waals surface area contributed by atoms with Gasteiger partial charge in [0.05, 0.1) is 0 Å². The van der Waals surface area contributed by atoms with Gasteiger partial charge in [-0.25, -0.2) is 0 Å². The van der Waals surface area contributed by atoms with Crippen LogP contribution in [0.25, 0.3) is 0 Å². The number of hydrogen-bond acceptors (Lipinski definition) is 2. The Morgan fingerprint density at radius 2 is 1.46 bits per heavy atom. The molecule has 2 heterocycles. The van der Waals surface area contributed by atoms with Crippen LogP contribution in [0.2, 0.25) is 0 Å². The van der Waals surface area contributed by atoms with Crippen LogP contribution in [0.4, 0.5) is 0 Å². The Labute approximate surface area is 97.5 Å². The van der Waals surface area contributed by atoms with Crippen molar-refractivity contribution in [2.75, 3.05) is 13.2 Å². The molecule has 2 aliphatic heterocycles. The molecule has 0 N–H and O–H groups in total. The summed E-state index contributed by atoms with van der Waals surface area (Å²) in [5, 5.41) is 0. The van der Waals surface area contributed by atoms with Gasteiger partial charge in [0, 0.05) is 0 Å².